The Morgan fingerprint density at radius 3 is 2.11 bits per heavy atom. The maximum absolute atomic E-state index is 14.4. The Morgan fingerprint density at radius 1 is 0.841 bits per heavy atom. The summed E-state index contributed by atoms with van der Waals surface area (Å²) in [7, 11) is -4.28. The lowest BCUT2D eigenvalue weighted by atomic mass is 10.0. The topological polar surface area (TPSA) is 86.8 Å². The van der Waals surface area contributed by atoms with Crippen molar-refractivity contribution in [1.82, 2.24) is 10.2 Å². The normalized spacial score (nSPS) is 11.9. The van der Waals surface area contributed by atoms with Crippen molar-refractivity contribution >= 4 is 66.7 Å². The third-order valence-electron chi connectivity index (χ3n) is 6.90. The van der Waals surface area contributed by atoms with Crippen LogP contribution in [0.4, 0.5) is 5.69 Å². The van der Waals surface area contributed by atoms with E-state index in [0.29, 0.717) is 13.0 Å². The van der Waals surface area contributed by atoms with Gasteiger partial charge in [-0.1, -0.05) is 113 Å². The molecular weight excluding hydrogens is 685 g/mol. The number of nitrogens with one attached hydrogen (secondary N) is 1. The van der Waals surface area contributed by atoms with Gasteiger partial charge in [0.15, 0.2) is 0 Å². The summed E-state index contributed by atoms with van der Waals surface area (Å²) in [5.74, 6) is -0.921. The number of amides is 2. The number of halogens is 3. The largest absolute Gasteiger partial charge is 0.354 e. The molecular formula is C33H32BrCl2N3O4S. The van der Waals surface area contributed by atoms with Crippen LogP contribution in [0.25, 0.3) is 0 Å². The lowest BCUT2D eigenvalue weighted by molar-refractivity contribution is -0.140. The predicted molar refractivity (Wildman–Crippen MR) is 179 cm³/mol. The SMILES string of the molecule is CCCNC(=O)[C@@H](Cc1ccccc1)N(Cc1ccc(Br)cc1)C(=O)CN(c1cccc(Cl)c1Cl)S(=O)(=O)c1ccccc1. The van der Waals surface area contributed by atoms with Gasteiger partial charge in [0, 0.05) is 24.0 Å². The highest BCUT2D eigenvalue weighted by molar-refractivity contribution is 9.10. The van der Waals surface area contributed by atoms with Gasteiger partial charge in [-0.15, -0.1) is 0 Å². The molecule has 2 amide bonds. The number of nitrogens with zero attached hydrogens (tertiary/aromatic N) is 2. The molecule has 0 aliphatic carbocycles. The maximum atomic E-state index is 14.4. The number of benzene rings is 4. The Labute approximate surface area is 277 Å². The Bertz CT molecular complexity index is 1670. The number of carbonyl (C=O) groups excluding carboxylic acids is 2. The zero-order valence-corrected chi connectivity index (χ0v) is 27.9. The average molecular weight is 718 g/mol. The smallest absolute Gasteiger partial charge is 0.264 e. The van der Waals surface area contributed by atoms with Gasteiger partial charge in [0.25, 0.3) is 10.0 Å². The molecule has 11 heteroatoms. The average Bonchev–Trinajstić information content (AvgIpc) is 3.03. The molecule has 0 saturated heterocycles. The first-order valence-electron chi connectivity index (χ1n) is 14.0. The van der Waals surface area contributed by atoms with Crippen molar-refractivity contribution in [2.75, 3.05) is 17.4 Å². The molecule has 0 spiro atoms. The van der Waals surface area contributed by atoms with Crippen LogP contribution in [0.5, 0.6) is 0 Å². The van der Waals surface area contributed by atoms with Crippen molar-refractivity contribution in [2.45, 2.75) is 37.2 Å². The van der Waals surface area contributed by atoms with Gasteiger partial charge in [0.05, 0.1) is 20.6 Å². The monoisotopic (exact) mass is 715 g/mol. The van der Waals surface area contributed by atoms with Gasteiger partial charge in [0.2, 0.25) is 11.8 Å². The summed E-state index contributed by atoms with van der Waals surface area (Å²) in [4.78, 5) is 29.5. The fourth-order valence-corrected chi connectivity index (χ4v) is 6.78. The van der Waals surface area contributed by atoms with Crippen LogP contribution < -0.4 is 9.62 Å². The molecule has 0 aliphatic heterocycles. The molecule has 4 rings (SSSR count). The maximum Gasteiger partial charge on any atom is 0.264 e. The molecule has 44 heavy (non-hydrogen) atoms. The van der Waals surface area contributed by atoms with E-state index in [1.165, 1.54) is 29.2 Å². The Hall–Kier alpha value is -3.37. The molecule has 1 N–H and O–H groups in total. The molecule has 0 aromatic heterocycles. The number of hydrogen-bond donors (Lipinski definition) is 1. The van der Waals surface area contributed by atoms with Crippen LogP contribution in [-0.2, 0) is 32.6 Å². The van der Waals surface area contributed by atoms with Gasteiger partial charge in [-0.3, -0.25) is 13.9 Å². The van der Waals surface area contributed by atoms with Crippen LogP contribution in [0.2, 0.25) is 10.0 Å². The Morgan fingerprint density at radius 2 is 1.48 bits per heavy atom. The summed E-state index contributed by atoms with van der Waals surface area (Å²) >= 11 is 16.3. The van der Waals surface area contributed by atoms with Crippen molar-refractivity contribution in [3.8, 4) is 0 Å². The molecule has 1 atom stereocenters. The molecule has 230 valence electrons. The van der Waals surface area contributed by atoms with Crippen LogP contribution in [0.3, 0.4) is 0 Å². The number of carbonyl (C=O) groups is 2. The number of rotatable bonds is 13. The quantitative estimate of drug-likeness (QED) is 0.160. The van der Waals surface area contributed by atoms with Crippen LogP contribution in [0.1, 0.15) is 24.5 Å². The lowest BCUT2D eigenvalue weighted by Gasteiger charge is -2.34. The molecule has 0 unspecified atom stereocenters. The summed E-state index contributed by atoms with van der Waals surface area (Å²) in [5.41, 5.74) is 1.67. The van der Waals surface area contributed by atoms with Gasteiger partial charge >= 0.3 is 0 Å². The number of anilines is 1. The molecule has 0 heterocycles. The van der Waals surface area contributed by atoms with Gasteiger partial charge in [-0.2, -0.15) is 0 Å². The highest BCUT2D eigenvalue weighted by atomic mass is 79.9. The first-order valence-corrected chi connectivity index (χ1v) is 17.0. The molecule has 4 aromatic rings. The van der Waals surface area contributed by atoms with Crippen LogP contribution in [0.15, 0.2) is 112 Å². The number of hydrogen-bond acceptors (Lipinski definition) is 4. The fourth-order valence-electron chi connectivity index (χ4n) is 4.62. The van der Waals surface area contributed by atoms with Crippen molar-refractivity contribution in [3.05, 3.63) is 129 Å². The van der Waals surface area contributed by atoms with Crippen LogP contribution >= 0.6 is 39.1 Å². The van der Waals surface area contributed by atoms with E-state index in [1.54, 1.807) is 24.3 Å². The van der Waals surface area contributed by atoms with E-state index in [9.17, 15) is 18.0 Å². The molecule has 7 nitrogen and oxygen atoms in total. The second-order valence-corrected chi connectivity index (χ2v) is 13.6. The molecule has 0 saturated carbocycles. The van der Waals surface area contributed by atoms with E-state index >= 15 is 0 Å². The lowest BCUT2D eigenvalue weighted by Crippen LogP contribution is -2.53. The summed E-state index contributed by atoms with van der Waals surface area (Å²) in [6, 6.07) is 28.2. The third-order valence-corrected chi connectivity index (χ3v) is 10.0. The van der Waals surface area contributed by atoms with E-state index in [1.807, 2.05) is 61.5 Å². The predicted octanol–water partition coefficient (Wildman–Crippen LogP) is 7.12. The minimum atomic E-state index is -4.28. The van der Waals surface area contributed by atoms with Crippen LogP contribution in [-0.4, -0.2) is 44.3 Å². The van der Waals surface area contributed by atoms with Crippen molar-refractivity contribution in [2.24, 2.45) is 0 Å². The number of sulfonamides is 1. The van der Waals surface area contributed by atoms with E-state index in [4.69, 9.17) is 23.2 Å². The molecule has 0 bridgehead atoms. The van der Waals surface area contributed by atoms with E-state index < -0.39 is 28.5 Å². The zero-order valence-electron chi connectivity index (χ0n) is 24.0. The van der Waals surface area contributed by atoms with Crippen LogP contribution in [0, 0.1) is 0 Å². The zero-order chi connectivity index (χ0) is 31.7. The highest BCUT2D eigenvalue weighted by Gasteiger charge is 2.35. The molecule has 0 radical (unpaired) electrons. The van der Waals surface area contributed by atoms with E-state index in [2.05, 4.69) is 21.2 Å². The summed E-state index contributed by atoms with van der Waals surface area (Å²) in [6.07, 6.45) is 0.933. The van der Waals surface area contributed by atoms with Crippen molar-refractivity contribution in [3.63, 3.8) is 0 Å². The van der Waals surface area contributed by atoms with E-state index in [0.717, 1.165) is 19.9 Å². The molecule has 0 aliphatic rings. The van der Waals surface area contributed by atoms with Gasteiger partial charge in [-0.05, 0) is 53.9 Å². The van der Waals surface area contributed by atoms with Gasteiger partial charge < -0.3 is 10.2 Å². The first-order chi connectivity index (χ1) is 21.1. The fraction of sp³-hybridized carbons (Fsp3) is 0.212. The van der Waals surface area contributed by atoms with Gasteiger partial charge in [-0.25, -0.2) is 8.42 Å². The minimum Gasteiger partial charge on any atom is -0.354 e. The Balaban J connectivity index is 1.81. The minimum absolute atomic E-state index is 0.0116. The van der Waals surface area contributed by atoms with Gasteiger partial charge in [0.1, 0.15) is 12.6 Å². The summed E-state index contributed by atoms with van der Waals surface area (Å²) in [6.45, 7) is 1.81. The summed E-state index contributed by atoms with van der Waals surface area (Å²) < 4.78 is 29.9. The second kappa shape index (κ2) is 15.6. The van der Waals surface area contributed by atoms with E-state index in [-0.39, 0.29) is 39.5 Å². The molecule has 4 aromatic carbocycles. The second-order valence-electron chi connectivity index (χ2n) is 10.0. The van der Waals surface area contributed by atoms with Crippen molar-refractivity contribution in [1.29, 1.82) is 0 Å². The first kappa shape index (κ1) is 33.5. The summed E-state index contributed by atoms with van der Waals surface area (Å²) in [5, 5.41) is 3.05. The Kier molecular flexibility index (Phi) is 11.9. The third kappa shape index (κ3) is 8.41. The molecule has 0 fully saturated rings. The van der Waals surface area contributed by atoms with Crippen molar-refractivity contribution < 1.29 is 18.0 Å². The standard InChI is InChI=1S/C33H32BrCl2N3O4S/c1-2-20-37-33(41)30(21-24-10-5-3-6-11-24)38(22-25-16-18-26(34)19-17-25)31(40)23-39(29-15-9-14-28(35)32(29)36)44(42,43)27-12-7-4-8-13-27/h3-19,30H,2,20-23H2,1H3,(H,37,41)/t30-/m1/s1. The highest BCUT2D eigenvalue weighted by Crippen LogP contribution is 2.35.